The topological polar surface area (TPSA) is 68.3 Å². The molecular weight excluding hydrogens is 228 g/mol. The number of nitrogens with one attached hydrogen (secondary N) is 1. The molecule has 1 aliphatic rings. The van der Waals surface area contributed by atoms with Crippen molar-refractivity contribution in [2.75, 3.05) is 11.8 Å². The molecule has 1 aliphatic carbocycles. The average molecular weight is 242 g/mol. The van der Waals surface area contributed by atoms with Crippen LogP contribution in [0.1, 0.15) is 18.4 Å². The summed E-state index contributed by atoms with van der Waals surface area (Å²) in [7, 11) is -1.79. The van der Waals surface area contributed by atoms with Crippen LogP contribution in [0.4, 0.5) is 5.69 Å². The normalized spacial score (nSPS) is 15.9. The fraction of sp³-hybridized carbons (Fsp3) is 0.500. The molecule has 0 atom stereocenters. The number of pyridine rings is 1. The van der Waals surface area contributed by atoms with Gasteiger partial charge in [-0.2, -0.15) is 0 Å². The number of hydrogen-bond acceptors (Lipinski definition) is 4. The molecule has 16 heavy (non-hydrogen) atoms. The lowest BCUT2D eigenvalue weighted by atomic mass is 10.3. The molecule has 0 radical (unpaired) electrons. The van der Waals surface area contributed by atoms with Gasteiger partial charge >= 0.3 is 0 Å². The van der Waals surface area contributed by atoms with E-state index in [2.05, 4.69) is 9.71 Å². The van der Waals surface area contributed by atoms with Crippen molar-refractivity contribution in [2.45, 2.75) is 25.0 Å². The van der Waals surface area contributed by atoms with E-state index in [1.165, 1.54) is 7.11 Å². The molecule has 0 aliphatic heterocycles. The molecule has 0 saturated heterocycles. The lowest BCUT2D eigenvalue weighted by molar-refractivity contribution is 0.400. The van der Waals surface area contributed by atoms with Gasteiger partial charge in [0.15, 0.2) is 0 Å². The Bertz CT molecular complexity index is 495. The summed E-state index contributed by atoms with van der Waals surface area (Å²) in [6, 6.07) is 1.71. The molecule has 1 aromatic heterocycles. The number of sulfonamides is 1. The van der Waals surface area contributed by atoms with Crippen molar-refractivity contribution < 1.29 is 13.2 Å². The van der Waals surface area contributed by atoms with Gasteiger partial charge < -0.3 is 4.74 Å². The number of aromatic nitrogens is 1. The van der Waals surface area contributed by atoms with Gasteiger partial charge in [0.1, 0.15) is 5.69 Å². The summed E-state index contributed by atoms with van der Waals surface area (Å²) in [6.45, 7) is 1.85. The Hall–Kier alpha value is -1.30. The first-order valence-electron chi connectivity index (χ1n) is 5.05. The molecule has 1 heterocycles. The van der Waals surface area contributed by atoms with Crippen molar-refractivity contribution in [3.05, 3.63) is 17.8 Å². The first-order valence-corrected chi connectivity index (χ1v) is 6.60. The van der Waals surface area contributed by atoms with Crippen LogP contribution in [0.15, 0.2) is 12.3 Å². The fourth-order valence-electron chi connectivity index (χ4n) is 1.41. The molecule has 5 nitrogen and oxygen atoms in total. The smallest absolute Gasteiger partial charge is 0.238 e. The van der Waals surface area contributed by atoms with Gasteiger partial charge in [0.25, 0.3) is 0 Å². The summed E-state index contributed by atoms with van der Waals surface area (Å²) in [6.07, 6.45) is 3.10. The van der Waals surface area contributed by atoms with Gasteiger partial charge in [-0.05, 0) is 31.4 Å². The zero-order valence-electron chi connectivity index (χ0n) is 9.23. The molecule has 1 saturated carbocycles. The first-order chi connectivity index (χ1) is 7.53. The van der Waals surface area contributed by atoms with Crippen molar-refractivity contribution in [1.82, 2.24) is 4.98 Å². The van der Waals surface area contributed by atoms with Crippen LogP contribution in [-0.4, -0.2) is 25.8 Å². The van der Waals surface area contributed by atoms with E-state index in [1.54, 1.807) is 12.3 Å². The number of rotatable bonds is 4. The van der Waals surface area contributed by atoms with Gasteiger partial charge in [0.05, 0.1) is 12.4 Å². The highest BCUT2D eigenvalue weighted by atomic mass is 32.2. The van der Waals surface area contributed by atoms with Gasteiger partial charge in [-0.3, -0.25) is 4.72 Å². The van der Waals surface area contributed by atoms with E-state index in [4.69, 9.17) is 4.74 Å². The zero-order chi connectivity index (χ0) is 11.8. The standard InChI is InChI=1S/C10H14N2O3S/c1-7-5-9(10(15-2)11-6-7)12-16(13,14)8-3-4-8/h5-6,8,12H,3-4H2,1-2H3. The van der Waals surface area contributed by atoms with E-state index in [1.807, 2.05) is 6.92 Å². The van der Waals surface area contributed by atoms with E-state index in [0.29, 0.717) is 11.6 Å². The summed E-state index contributed by atoms with van der Waals surface area (Å²) < 4.78 is 31.0. The summed E-state index contributed by atoms with van der Waals surface area (Å²) >= 11 is 0. The summed E-state index contributed by atoms with van der Waals surface area (Å²) in [5, 5.41) is -0.252. The second-order valence-electron chi connectivity index (χ2n) is 3.92. The lowest BCUT2D eigenvalue weighted by Crippen LogP contribution is -2.18. The number of ether oxygens (including phenoxy) is 1. The predicted octanol–water partition coefficient (Wildman–Crippen LogP) is 1.30. The molecule has 1 fully saturated rings. The SMILES string of the molecule is COc1ncc(C)cc1NS(=O)(=O)C1CC1. The van der Waals surface area contributed by atoms with Crippen LogP contribution in [-0.2, 0) is 10.0 Å². The Morgan fingerprint density at radius 2 is 2.19 bits per heavy atom. The molecule has 0 bridgehead atoms. The van der Waals surface area contributed by atoms with Crippen LogP contribution in [0.2, 0.25) is 0 Å². The summed E-state index contributed by atoms with van der Waals surface area (Å²) in [4.78, 5) is 4.01. The molecule has 0 amide bonds. The summed E-state index contributed by atoms with van der Waals surface area (Å²) in [5.41, 5.74) is 1.30. The highest BCUT2D eigenvalue weighted by Gasteiger charge is 2.36. The van der Waals surface area contributed by atoms with Crippen LogP contribution in [0.5, 0.6) is 5.88 Å². The van der Waals surface area contributed by atoms with E-state index >= 15 is 0 Å². The quantitative estimate of drug-likeness (QED) is 0.864. The Balaban J connectivity index is 2.29. The van der Waals surface area contributed by atoms with E-state index < -0.39 is 10.0 Å². The van der Waals surface area contributed by atoms with Gasteiger partial charge in [0.2, 0.25) is 15.9 Å². The van der Waals surface area contributed by atoms with Crippen molar-refractivity contribution in [3.8, 4) is 5.88 Å². The second-order valence-corrected chi connectivity index (χ2v) is 5.88. The molecule has 0 unspecified atom stereocenters. The minimum absolute atomic E-state index is 0.252. The molecule has 88 valence electrons. The maximum atomic E-state index is 11.7. The van der Waals surface area contributed by atoms with Crippen molar-refractivity contribution in [3.63, 3.8) is 0 Å². The first kappa shape index (κ1) is 11.2. The lowest BCUT2D eigenvalue weighted by Gasteiger charge is -2.10. The van der Waals surface area contributed by atoms with Gasteiger partial charge in [-0.15, -0.1) is 0 Å². The fourth-order valence-corrected chi connectivity index (χ4v) is 2.78. The monoisotopic (exact) mass is 242 g/mol. The number of hydrogen-bond donors (Lipinski definition) is 1. The van der Waals surface area contributed by atoms with Gasteiger partial charge in [-0.1, -0.05) is 0 Å². The van der Waals surface area contributed by atoms with E-state index in [0.717, 1.165) is 18.4 Å². The Labute approximate surface area is 94.9 Å². The van der Waals surface area contributed by atoms with E-state index in [9.17, 15) is 8.42 Å². The van der Waals surface area contributed by atoms with Crippen LogP contribution in [0.25, 0.3) is 0 Å². The Morgan fingerprint density at radius 1 is 1.50 bits per heavy atom. The van der Waals surface area contributed by atoms with Crippen LogP contribution in [0, 0.1) is 6.92 Å². The third-order valence-electron chi connectivity index (χ3n) is 2.40. The summed E-state index contributed by atoms with van der Waals surface area (Å²) in [5.74, 6) is 0.301. The predicted molar refractivity (Wildman–Crippen MR) is 61.1 cm³/mol. The zero-order valence-corrected chi connectivity index (χ0v) is 10.0. The van der Waals surface area contributed by atoms with Crippen molar-refractivity contribution in [1.29, 1.82) is 0 Å². The molecule has 0 aromatic carbocycles. The molecule has 6 heteroatoms. The van der Waals surface area contributed by atoms with Crippen LogP contribution >= 0.6 is 0 Å². The Morgan fingerprint density at radius 3 is 2.75 bits per heavy atom. The van der Waals surface area contributed by atoms with Crippen LogP contribution in [0.3, 0.4) is 0 Å². The maximum Gasteiger partial charge on any atom is 0.238 e. The highest BCUT2D eigenvalue weighted by Crippen LogP contribution is 2.32. The van der Waals surface area contributed by atoms with Crippen molar-refractivity contribution >= 4 is 15.7 Å². The minimum Gasteiger partial charge on any atom is -0.480 e. The second kappa shape index (κ2) is 3.93. The number of methoxy groups -OCH3 is 1. The van der Waals surface area contributed by atoms with Crippen molar-refractivity contribution in [2.24, 2.45) is 0 Å². The van der Waals surface area contributed by atoms with Gasteiger partial charge in [0, 0.05) is 6.20 Å². The average Bonchev–Trinajstić information content (AvgIpc) is 3.00. The number of aryl methyl sites for hydroxylation is 1. The maximum absolute atomic E-state index is 11.7. The molecular formula is C10H14N2O3S. The molecule has 1 N–H and O–H groups in total. The minimum atomic E-state index is -3.26. The third kappa shape index (κ3) is 2.27. The van der Waals surface area contributed by atoms with E-state index in [-0.39, 0.29) is 5.25 Å². The highest BCUT2D eigenvalue weighted by molar-refractivity contribution is 7.93. The van der Waals surface area contributed by atoms with Crippen LogP contribution < -0.4 is 9.46 Å². The number of nitrogens with zero attached hydrogens (tertiary/aromatic N) is 1. The number of anilines is 1. The molecule has 0 spiro atoms. The molecule has 2 rings (SSSR count). The Kier molecular flexibility index (Phi) is 2.75. The third-order valence-corrected chi connectivity index (χ3v) is 4.25. The molecule has 1 aromatic rings. The van der Waals surface area contributed by atoms with Gasteiger partial charge in [-0.25, -0.2) is 13.4 Å². The largest absolute Gasteiger partial charge is 0.480 e.